The summed E-state index contributed by atoms with van der Waals surface area (Å²) in [4.78, 5) is 25.1. The first-order valence-electron chi connectivity index (χ1n) is 7.08. The van der Waals surface area contributed by atoms with Crippen LogP contribution >= 0.6 is 11.6 Å². The smallest absolute Gasteiger partial charge is 0.334 e. The Morgan fingerprint density at radius 1 is 1.43 bits per heavy atom. The third-order valence-corrected chi connectivity index (χ3v) is 3.58. The molecule has 1 aliphatic rings. The van der Waals surface area contributed by atoms with E-state index in [1.807, 2.05) is 0 Å². The molecule has 1 unspecified atom stereocenters. The summed E-state index contributed by atoms with van der Waals surface area (Å²) >= 11 is 5.97. The number of carbonyl (C=O) groups excluding carboxylic acids is 1. The molecule has 126 valence electrons. The molecule has 23 heavy (non-hydrogen) atoms. The van der Waals surface area contributed by atoms with E-state index in [1.54, 1.807) is 19.2 Å². The molecule has 0 aliphatic carbocycles. The Bertz CT molecular complexity index is 579. The molecule has 1 aliphatic heterocycles. The highest BCUT2D eigenvalue weighted by Crippen LogP contribution is 2.25. The van der Waals surface area contributed by atoms with Crippen molar-refractivity contribution in [2.24, 2.45) is 0 Å². The van der Waals surface area contributed by atoms with Crippen LogP contribution in [0.4, 0.5) is 0 Å². The highest BCUT2D eigenvalue weighted by molar-refractivity contribution is 6.31. The van der Waals surface area contributed by atoms with Crippen molar-refractivity contribution in [3.05, 3.63) is 28.8 Å². The van der Waals surface area contributed by atoms with Crippen LogP contribution in [0, 0.1) is 0 Å². The molecule has 0 radical (unpaired) electrons. The van der Waals surface area contributed by atoms with E-state index in [0.717, 1.165) is 0 Å². The van der Waals surface area contributed by atoms with Crippen molar-refractivity contribution < 1.29 is 28.9 Å². The SMILES string of the molecule is COCCOc1ccc(Cl)cc1C(=O)N1CCOC(C(=O)O)C1. The number of carboxylic acids is 1. The third kappa shape index (κ3) is 4.57. The van der Waals surface area contributed by atoms with Crippen molar-refractivity contribution in [2.45, 2.75) is 6.10 Å². The zero-order valence-corrected chi connectivity index (χ0v) is 13.4. The molecule has 1 aromatic carbocycles. The summed E-state index contributed by atoms with van der Waals surface area (Å²) in [6, 6.07) is 4.75. The molecule has 7 nitrogen and oxygen atoms in total. The van der Waals surface area contributed by atoms with Crippen LogP contribution in [-0.2, 0) is 14.3 Å². The van der Waals surface area contributed by atoms with Gasteiger partial charge in [0, 0.05) is 18.7 Å². The van der Waals surface area contributed by atoms with Gasteiger partial charge in [-0.1, -0.05) is 11.6 Å². The lowest BCUT2D eigenvalue weighted by molar-refractivity contribution is -0.154. The van der Waals surface area contributed by atoms with Crippen molar-refractivity contribution >= 4 is 23.5 Å². The number of hydrogen-bond acceptors (Lipinski definition) is 5. The molecule has 1 amide bonds. The molecule has 1 fully saturated rings. The molecule has 1 aromatic rings. The van der Waals surface area contributed by atoms with E-state index in [-0.39, 0.29) is 19.1 Å². The van der Waals surface area contributed by atoms with Gasteiger partial charge in [-0.3, -0.25) is 4.79 Å². The van der Waals surface area contributed by atoms with Gasteiger partial charge in [-0.15, -0.1) is 0 Å². The Labute approximate surface area is 138 Å². The number of methoxy groups -OCH3 is 1. The van der Waals surface area contributed by atoms with Crippen LogP contribution in [0.15, 0.2) is 18.2 Å². The van der Waals surface area contributed by atoms with E-state index in [4.69, 9.17) is 30.9 Å². The highest BCUT2D eigenvalue weighted by atomic mass is 35.5. The monoisotopic (exact) mass is 343 g/mol. The zero-order chi connectivity index (χ0) is 16.8. The van der Waals surface area contributed by atoms with Crippen LogP contribution in [0.25, 0.3) is 0 Å². The average molecular weight is 344 g/mol. The first-order valence-corrected chi connectivity index (χ1v) is 7.45. The second-order valence-corrected chi connectivity index (χ2v) is 5.37. The number of benzene rings is 1. The fraction of sp³-hybridized carbons (Fsp3) is 0.467. The van der Waals surface area contributed by atoms with Crippen molar-refractivity contribution in [1.82, 2.24) is 4.90 Å². The maximum Gasteiger partial charge on any atom is 0.334 e. The minimum Gasteiger partial charge on any atom is -0.490 e. The van der Waals surface area contributed by atoms with Crippen molar-refractivity contribution in [3.8, 4) is 5.75 Å². The number of carboxylic acid groups (broad SMARTS) is 1. The Morgan fingerprint density at radius 2 is 2.22 bits per heavy atom. The first kappa shape index (κ1) is 17.5. The molecule has 0 spiro atoms. The Balaban J connectivity index is 2.16. The van der Waals surface area contributed by atoms with E-state index >= 15 is 0 Å². The Hall–Kier alpha value is -1.83. The van der Waals surface area contributed by atoms with Crippen LogP contribution in [0.2, 0.25) is 5.02 Å². The number of rotatable bonds is 6. The molecule has 0 bridgehead atoms. The molecule has 2 rings (SSSR count). The summed E-state index contributed by atoms with van der Waals surface area (Å²) in [5, 5.41) is 9.43. The first-order chi connectivity index (χ1) is 11.0. The van der Waals surface area contributed by atoms with Crippen molar-refractivity contribution in [3.63, 3.8) is 0 Å². The summed E-state index contributed by atoms with van der Waals surface area (Å²) in [7, 11) is 1.55. The maximum atomic E-state index is 12.7. The van der Waals surface area contributed by atoms with Gasteiger partial charge in [0.25, 0.3) is 5.91 Å². The summed E-state index contributed by atoms with van der Waals surface area (Å²) in [5.74, 6) is -1.05. The molecule has 0 saturated carbocycles. The predicted octanol–water partition coefficient (Wildman–Crippen LogP) is 1.29. The number of ether oxygens (including phenoxy) is 3. The van der Waals surface area contributed by atoms with Gasteiger partial charge in [0.1, 0.15) is 12.4 Å². The molecule has 1 atom stereocenters. The molecular weight excluding hydrogens is 326 g/mol. The molecule has 0 aromatic heterocycles. The highest BCUT2D eigenvalue weighted by Gasteiger charge is 2.30. The molecular formula is C15H18ClNO6. The minimum absolute atomic E-state index is 0.0157. The van der Waals surface area contributed by atoms with E-state index < -0.39 is 12.1 Å². The topological polar surface area (TPSA) is 85.3 Å². The summed E-state index contributed by atoms with van der Waals surface area (Å²) in [5.41, 5.74) is 0.291. The lowest BCUT2D eigenvalue weighted by Crippen LogP contribution is -2.48. The normalized spacial score (nSPS) is 17.8. The van der Waals surface area contributed by atoms with Crippen molar-refractivity contribution in [1.29, 1.82) is 0 Å². The molecule has 1 N–H and O–H groups in total. The largest absolute Gasteiger partial charge is 0.490 e. The number of carbonyl (C=O) groups is 2. The van der Waals surface area contributed by atoms with Gasteiger partial charge in [-0.25, -0.2) is 4.79 Å². The molecule has 1 heterocycles. The van der Waals surface area contributed by atoms with Crippen LogP contribution in [-0.4, -0.2) is 68.0 Å². The number of hydrogen-bond donors (Lipinski definition) is 1. The van der Waals surface area contributed by atoms with E-state index in [9.17, 15) is 9.59 Å². The number of halogens is 1. The van der Waals surface area contributed by atoms with Crippen LogP contribution < -0.4 is 4.74 Å². The fourth-order valence-electron chi connectivity index (χ4n) is 2.18. The lowest BCUT2D eigenvalue weighted by atomic mass is 10.1. The van der Waals surface area contributed by atoms with Crippen LogP contribution in [0.3, 0.4) is 0 Å². The second-order valence-electron chi connectivity index (χ2n) is 4.93. The van der Waals surface area contributed by atoms with Gasteiger partial charge in [0.05, 0.1) is 25.3 Å². The number of amides is 1. The molecule has 1 saturated heterocycles. The number of morpholine rings is 1. The van der Waals surface area contributed by atoms with Crippen molar-refractivity contribution in [2.75, 3.05) is 40.0 Å². The minimum atomic E-state index is -1.09. The number of aliphatic carboxylic acids is 1. The second kappa shape index (κ2) is 8.14. The third-order valence-electron chi connectivity index (χ3n) is 3.35. The van der Waals surface area contributed by atoms with Gasteiger partial charge >= 0.3 is 5.97 Å². The van der Waals surface area contributed by atoms with Gasteiger partial charge in [0.15, 0.2) is 6.10 Å². The van der Waals surface area contributed by atoms with Crippen LogP contribution in [0.1, 0.15) is 10.4 Å². The predicted molar refractivity (Wildman–Crippen MR) is 82.1 cm³/mol. The summed E-state index contributed by atoms with van der Waals surface area (Å²) in [6.45, 7) is 1.14. The lowest BCUT2D eigenvalue weighted by Gasteiger charge is -2.31. The van der Waals surface area contributed by atoms with Gasteiger partial charge in [0.2, 0.25) is 0 Å². The number of nitrogens with zero attached hydrogens (tertiary/aromatic N) is 1. The maximum absolute atomic E-state index is 12.7. The fourth-order valence-corrected chi connectivity index (χ4v) is 2.36. The average Bonchev–Trinajstić information content (AvgIpc) is 2.55. The van der Waals surface area contributed by atoms with Gasteiger partial charge in [-0.2, -0.15) is 0 Å². The van der Waals surface area contributed by atoms with Gasteiger partial charge in [-0.05, 0) is 18.2 Å². The van der Waals surface area contributed by atoms with E-state index in [0.29, 0.717) is 36.1 Å². The van der Waals surface area contributed by atoms with Crippen LogP contribution in [0.5, 0.6) is 5.75 Å². The van der Waals surface area contributed by atoms with E-state index in [2.05, 4.69) is 0 Å². The molecule has 8 heteroatoms. The quantitative estimate of drug-likeness (QED) is 0.783. The Morgan fingerprint density at radius 3 is 2.91 bits per heavy atom. The Kier molecular flexibility index (Phi) is 6.20. The summed E-state index contributed by atoms with van der Waals surface area (Å²) in [6.07, 6.45) is -1.02. The summed E-state index contributed by atoms with van der Waals surface area (Å²) < 4.78 is 15.6. The standard InChI is InChI=1S/C15H18ClNO6/c1-21-6-7-23-12-3-2-10(16)8-11(12)14(18)17-4-5-22-13(9-17)15(19)20/h2-3,8,13H,4-7,9H2,1H3,(H,19,20). The van der Waals surface area contributed by atoms with Gasteiger partial charge < -0.3 is 24.2 Å². The van der Waals surface area contributed by atoms with E-state index in [1.165, 1.54) is 11.0 Å². The zero-order valence-electron chi connectivity index (χ0n) is 12.7.